The minimum atomic E-state index is -0.574. The van der Waals surface area contributed by atoms with Crippen molar-refractivity contribution in [3.05, 3.63) is 59.7 Å². The second-order valence-electron chi connectivity index (χ2n) is 5.90. The first-order chi connectivity index (χ1) is 12.1. The van der Waals surface area contributed by atoms with Crippen LogP contribution in [0.4, 0.5) is 0 Å². The summed E-state index contributed by atoms with van der Waals surface area (Å²) >= 11 is 5.53. The molecule has 0 aliphatic carbocycles. The van der Waals surface area contributed by atoms with Crippen LogP contribution in [0.2, 0.25) is 0 Å². The minimum Gasteiger partial charge on any atom is -0.494 e. The van der Waals surface area contributed by atoms with Crippen molar-refractivity contribution in [1.82, 2.24) is 5.32 Å². The zero-order valence-corrected chi connectivity index (χ0v) is 15.5. The highest BCUT2D eigenvalue weighted by Crippen LogP contribution is 2.30. The molecular formula is C20H22N2O2S. The summed E-state index contributed by atoms with van der Waals surface area (Å²) in [6, 6.07) is 15.8. The summed E-state index contributed by atoms with van der Waals surface area (Å²) in [6.07, 6.45) is 0. The fraction of sp³-hybridized carbons (Fsp3) is 0.300. The highest BCUT2D eigenvalue weighted by atomic mass is 32.1. The lowest BCUT2D eigenvalue weighted by Crippen LogP contribution is -2.36. The summed E-state index contributed by atoms with van der Waals surface area (Å²) in [7, 11) is 0. The van der Waals surface area contributed by atoms with Crippen molar-refractivity contribution < 1.29 is 9.47 Å². The number of hydrogen-bond donors (Lipinski definition) is 1. The number of nitrogens with one attached hydrogen (secondary N) is 1. The normalized spacial score (nSPS) is 19.3. The molecule has 0 aromatic heterocycles. The van der Waals surface area contributed by atoms with Gasteiger partial charge in [-0.3, -0.25) is 0 Å². The molecule has 1 heterocycles. The Kier molecular flexibility index (Phi) is 5.04. The van der Waals surface area contributed by atoms with E-state index in [0.717, 1.165) is 28.3 Å². The van der Waals surface area contributed by atoms with E-state index in [-0.39, 0.29) is 0 Å². The molecule has 5 heteroatoms. The van der Waals surface area contributed by atoms with E-state index in [4.69, 9.17) is 26.7 Å². The molecule has 1 N–H and O–H groups in total. The van der Waals surface area contributed by atoms with Crippen molar-refractivity contribution >= 4 is 22.9 Å². The van der Waals surface area contributed by atoms with Gasteiger partial charge in [0.15, 0.2) is 5.66 Å². The molecule has 0 fully saturated rings. The Labute approximate surface area is 153 Å². The van der Waals surface area contributed by atoms with E-state index in [1.807, 2.05) is 69.3 Å². The maximum Gasteiger partial charge on any atom is 0.154 e. The van der Waals surface area contributed by atoms with Crippen LogP contribution in [0.15, 0.2) is 53.5 Å². The predicted octanol–water partition coefficient (Wildman–Crippen LogP) is 4.08. The van der Waals surface area contributed by atoms with E-state index in [1.165, 1.54) is 0 Å². The summed E-state index contributed by atoms with van der Waals surface area (Å²) in [5.74, 6) is 1.70. The molecule has 0 amide bonds. The molecule has 130 valence electrons. The third-order valence-electron chi connectivity index (χ3n) is 4.07. The zero-order chi connectivity index (χ0) is 17.9. The molecule has 0 spiro atoms. The van der Waals surface area contributed by atoms with Crippen molar-refractivity contribution in [3.63, 3.8) is 0 Å². The number of thiocarbonyl (C=S) groups is 1. The van der Waals surface area contributed by atoms with Crippen molar-refractivity contribution in [1.29, 1.82) is 0 Å². The molecule has 3 rings (SSSR count). The Hall–Kier alpha value is -2.40. The number of aliphatic imine (C=N–C) groups is 1. The third kappa shape index (κ3) is 3.66. The Bertz CT molecular complexity index is 784. The van der Waals surface area contributed by atoms with Crippen molar-refractivity contribution in [3.8, 4) is 11.5 Å². The second-order valence-corrected chi connectivity index (χ2v) is 6.31. The van der Waals surface area contributed by atoms with Gasteiger partial charge in [-0.15, -0.1) is 0 Å². The fourth-order valence-electron chi connectivity index (χ4n) is 2.83. The Balaban J connectivity index is 1.87. The van der Waals surface area contributed by atoms with Crippen LogP contribution in [0.25, 0.3) is 0 Å². The van der Waals surface area contributed by atoms with Crippen LogP contribution in [0.1, 0.15) is 31.9 Å². The maximum absolute atomic E-state index is 5.53. The van der Waals surface area contributed by atoms with Gasteiger partial charge in [-0.25, -0.2) is 4.99 Å². The van der Waals surface area contributed by atoms with Gasteiger partial charge in [0.05, 0.1) is 13.2 Å². The molecule has 0 radical (unpaired) electrons. The van der Waals surface area contributed by atoms with Crippen LogP contribution in [0, 0.1) is 0 Å². The zero-order valence-electron chi connectivity index (χ0n) is 14.7. The molecule has 2 aromatic carbocycles. The molecule has 25 heavy (non-hydrogen) atoms. The van der Waals surface area contributed by atoms with Gasteiger partial charge in [0.1, 0.15) is 22.2 Å². The Morgan fingerprint density at radius 1 is 0.920 bits per heavy atom. The first-order valence-corrected chi connectivity index (χ1v) is 8.85. The molecule has 0 saturated heterocycles. The van der Waals surface area contributed by atoms with Crippen LogP contribution >= 0.6 is 12.2 Å². The molecule has 2 aromatic rings. The molecule has 4 nitrogen and oxygen atoms in total. The standard InChI is InChI=1S/C20H22N2O2S/c1-4-23-16-10-6-14(7-11-16)18-19(25)22-20(3,21-18)15-8-12-17(13-9-15)24-5-2/h6-13H,4-5H2,1-3H3,(H,22,25). The van der Waals surface area contributed by atoms with Gasteiger partial charge in [-0.1, -0.05) is 24.4 Å². The lowest BCUT2D eigenvalue weighted by molar-refractivity contribution is 0.339. The minimum absolute atomic E-state index is 0.574. The van der Waals surface area contributed by atoms with E-state index >= 15 is 0 Å². The SMILES string of the molecule is CCOc1ccc(C2=NC(C)(c3ccc(OCC)cc3)NC2=S)cc1. The number of rotatable bonds is 6. The van der Waals surface area contributed by atoms with Gasteiger partial charge in [-0.05, 0) is 62.7 Å². The molecule has 1 unspecified atom stereocenters. The van der Waals surface area contributed by atoms with Gasteiger partial charge < -0.3 is 14.8 Å². The summed E-state index contributed by atoms with van der Waals surface area (Å²) in [4.78, 5) is 5.53. The van der Waals surface area contributed by atoms with Crippen LogP contribution in [0.3, 0.4) is 0 Å². The number of ether oxygens (including phenoxy) is 2. The first kappa shape index (κ1) is 17.4. The van der Waals surface area contributed by atoms with E-state index in [0.29, 0.717) is 18.2 Å². The van der Waals surface area contributed by atoms with Crippen LogP contribution < -0.4 is 14.8 Å². The number of hydrogen-bond acceptors (Lipinski definition) is 4. The smallest absolute Gasteiger partial charge is 0.154 e. The number of benzene rings is 2. The maximum atomic E-state index is 5.53. The first-order valence-electron chi connectivity index (χ1n) is 8.44. The van der Waals surface area contributed by atoms with Crippen LogP contribution in [-0.4, -0.2) is 23.9 Å². The summed E-state index contributed by atoms with van der Waals surface area (Å²) in [5, 5.41) is 3.34. The van der Waals surface area contributed by atoms with Crippen molar-refractivity contribution in [2.45, 2.75) is 26.4 Å². The monoisotopic (exact) mass is 354 g/mol. The molecule has 1 atom stereocenters. The summed E-state index contributed by atoms with van der Waals surface area (Å²) in [5.41, 5.74) is 2.25. The van der Waals surface area contributed by atoms with Gasteiger partial charge >= 0.3 is 0 Å². The van der Waals surface area contributed by atoms with E-state index in [2.05, 4.69) is 5.32 Å². The largest absolute Gasteiger partial charge is 0.494 e. The molecule has 0 saturated carbocycles. The van der Waals surface area contributed by atoms with Crippen LogP contribution in [-0.2, 0) is 5.66 Å². The van der Waals surface area contributed by atoms with Crippen molar-refractivity contribution in [2.75, 3.05) is 13.2 Å². The average Bonchev–Trinajstić information content (AvgIpc) is 2.93. The Morgan fingerprint density at radius 3 is 1.96 bits per heavy atom. The summed E-state index contributed by atoms with van der Waals surface area (Å²) in [6.45, 7) is 7.27. The lowest BCUT2D eigenvalue weighted by atomic mass is 10.0. The predicted molar refractivity (Wildman–Crippen MR) is 105 cm³/mol. The highest BCUT2D eigenvalue weighted by Gasteiger charge is 2.34. The molecule has 0 bridgehead atoms. The molecule has 1 aliphatic heterocycles. The van der Waals surface area contributed by atoms with E-state index in [1.54, 1.807) is 0 Å². The van der Waals surface area contributed by atoms with Gasteiger partial charge in [0.2, 0.25) is 0 Å². The van der Waals surface area contributed by atoms with E-state index in [9.17, 15) is 0 Å². The van der Waals surface area contributed by atoms with Gasteiger partial charge in [-0.2, -0.15) is 0 Å². The fourth-order valence-corrected chi connectivity index (χ4v) is 3.20. The average molecular weight is 354 g/mol. The van der Waals surface area contributed by atoms with Crippen LogP contribution in [0.5, 0.6) is 11.5 Å². The van der Waals surface area contributed by atoms with E-state index < -0.39 is 5.66 Å². The number of nitrogens with zero attached hydrogens (tertiary/aromatic N) is 1. The summed E-state index contributed by atoms with van der Waals surface area (Å²) < 4.78 is 11.0. The lowest BCUT2D eigenvalue weighted by Gasteiger charge is -2.22. The second kappa shape index (κ2) is 7.23. The Morgan fingerprint density at radius 2 is 1.44 bits per heavy atom. The third-order valence-corrected chi connectivity index (χ3v) is 4.37. The van der Waals surface area contributed by atoms with Crippen molar-refractivity contribution in [2.24, 2.45) is 4.99 Å². The molecule has 1 aliphatic rings. The highest BCUT2D eigenvalue weighted by molar-refractivity contribution is 7.82. The topological polar surface area (TPSA) is 42.9 Å². The van der Waals surface area contributed by atoms with Gasteiger partial charge in [0, 0.05) is 5.56 Å². The quantitative estimate of drug-likeness (QED) is 0.794. The molecular weight excluding hydrogens is 332 g/mol. The van der Waals surface area contributed by atoms with Gasteiger partial charge in [0.25, 0.3) is 0 Å².